The van der Waals surface area contributed by atoms with Crippen molar-refractivity contribution < 1.29 is 55.7 Å². The first kappa shape index (κ1) is 47.8. The number of carboxylic acids is 1. The molecule has 60 heavy (non-hydrogen) atoms. The van der Waals surface area contributed by atoms with E-state index in [1.54, 1.807) is 4.90 Å². The molecule has 2 unspecified atom stereocenters. The van der Waals surface area contributed by atoms with Gasteiger partial charge < -0.3 is 24.7 Å². The van der Waals surface area contributed by atoms with Gasteiger partial charge in [-0.15, -0.1) is 11.3 Å². The Hall–Kier alpha value is -4.85. The zero-order chi connectivity index (χ0) is 44.3. The number of hydrogen-bond acceptors (Lipinski definition) is 8. The Morgan fingerprint density at radius 1 is 0.983 bits per heavy atom. The Morgan fingerprint density at radius 2 is 1.67 bits per heavy atom. The third-order valence-corrected chi connectivity index (χ3v) is 12.5. The van der Waals surface area contributed by atoms with Crippen LogP contribution in [0, 0.1) is 22.7 Å². The maximum Gasteiger partial charge on any atom is 0.425 e. The number of aromatic nitrogens is 1. The number of thiophene rings is 1. The first-order chi connectivity index (χ1) is 28.5. The summed E-state index contributed by atoms with van der Waals surface area (Å²) in [5, 5.41) is 29.7. The van der Waals surface area contributed by atoms with E-state index in [1.165, 1.54) is 11.1 Å². The lowest BCUT2D eigenvalue weighted by atomic mass is 9.66. The van der Waals surface area contributed by atoms with Gasteiger partial charge in [-0.2, -0.15) is 31.6 Å². The van der Waals surface area contributed by atoms with Crippen LogP contribution in [0.15, 0.2) is 54.0 Å². The Labute approximate surface area is 350 Å². The van der Waals surface area contributed by atoms with E-state index in [0.717, 1.165) is 29.5 Å². The molecule has 2 amide bonds. The number of nitrogens with zero attached hydrogens (tertiary/aromatic N) is 4. The number of piperidine rings is 2. The predicted octanol–water partition coefficient (Wildman–Crippen LogP) is 10.1. The molecule has 2 aliphatic heterocycles. The molecule has 2 saturated heterocycles. The first-order valence-corrected chi connectivity index (χ1v) is 21.2. The van der Waals surface area contributed by atoms with E-state index in [9.17, 15) is 51.1 Å². The van der Waals surface area contributed by atoms with Crippen LogP contribution < -0.4 is 4.74 Å². The summed E-state index contributed by atoms with van der Waals surface area (Å²) >= 11 is 0.481. The molecular weight excluding hydrogens is 815 g/mol. The molecule has 1 aromatic carbocycles. The lowest BCUT2D eigenvalue weighted by Crippen LogP contribution is -2.55. The Bertz CT molecular complexity index is 1950. The zero-order valence-corrected chi connectivity index (χ0v) is 34.8. The second kappa shape index (κ2) is 20.6. The van der Waals surface area contributed by atoms with Crippen molar-refractivity contribution >= 4 is 29.1 Å². The molecule has 3 aromatic rings. The second-order valence-electron chi connectivity index (χ2n) is 15.1. The number of aromatic hydroxyl groups is 1. The minimum Gasteiger partial charge on any atom is -0.507 e. The van der Waals surface area contributed by atoms with Crippen LogP contribution in [0.3, 0.4) is 0 Å². The summed E-state index contributed by atoms with van der Waals surface area (Å²) in [6.45, 7) is 7.11. The number of halogens is 6. The molecule has 0 spiro atoms. The smallest absolute Gasteiger partial charge is 0.425 e. The van der Waals surface area contributed by atoms with Crippen molar-refractivity contribution in [3.05, 3.63) is 75.7 Å². The molecule has 0 bridgehead atoms. The fraction of sp³-hybridized carbons (Fsp3) is 0.558. The summed E-state index contributed by atoms with van der Waals surface area (Å²) in [6, 6.07) is 12.0. The lowest BCUT2D eigenvalue weighted by Gasteiger charge is -2.44. The summed E-state index contributed by atoms with van der Waals surface area (Å²) in [6.07, 6.45) is -1.65. The van der Waals surface area contributed by atoms with Gasteiger partial charge in [0.15, 0.2) is 0 Å². The molecule has 6 rings (SSSR count). The Morgan fingerprint density at radius 3 is 2.20 bits per heavy atom. The molecule has 1 aliphatic carbocycles. The molecule has 328 valence electrons. The summed E-state index contributed by atoms with van der Waals surface area (Å²) in [7, 11) is 0. The number of aliphatic carboxylic acids is 1. The number of rotatable bonds is 11. The molecule has 2 aromatic heterocycles. The highest BCUT2D eigenvalue weighted by atomic mass is 32.1. The van der Waals surface area contributed by atoms with Crippen LogP contribution in [-0.2, 0) is 27.4 Å². The topological polar surface area (TPSA) is 144 Å². The highest BCUT2D eigenvalue weighted by molar-refractivity contribution is 7.10. The van der Waals surface area contributed by atoms with Crippen molar-refractivity contribution in [1.82, 2.24) is 14.8 Å². The van der Waals surface area contributed by atoms with Gasteiger partial charge in [0.05, 0.1) is 35.0 Å². The van der Waals surface area contributed by atoms with E-state index in [4.69, 9.17) is 9.84 Å². The number of para-hydroxylation sites is 1. The lowest BCUT2D eigenvalue weighted by molar-refractivity contribution is -0.155. The van der Waals surface area contributed by atoms with Crippen LogP contribution in [0.25, 0.3) is 0 Å². The van der Waals surface area contributed by atoms with Gasteiger partial charge >= 0.3 is 18.3 Å². The largest absolute Gasteiger partial charge is 0.507 e. The quantitative estimate of drug-likeness (QED) is 0.143. The maximum atomic E-state index is 14.0. The van der Waals surface area contributed by atoms with Gasteiger partial charge in [-0.05, 0) is 76.0 Å². The van der Waals surface area contributed by atoms with E-state index < -0.39 is 63.2 Å². The van der Waals surface area contributed by atoms with E-state index in [-0.39, 0.29) is 18.2 Å². The second-order valence-corrected chi connectivity index (χ2v) is 16.0. The maximum absolute atomic E-state index is 14.0. The van der Waals surface area contributed by atoms with Gasteiger partial charge in [-0.25, -0.2) is 0 Å². The zero-order valence-electron chi connectivity index (χ0n) is 33.9. The number of carbonyl (C=O) groups excluding carboxylic acids is 2. The number of amides is 2. The van der Waals surface area contributed by atoms with Crippen molar-refractivity contribution in [3.63, 3.8) is 0 Å². The fourth-order valence-corrected chi connectivity index (χ4v) is 8.84. The SMILES string of the molecule is CC.CCCC1C(C(=O)N2CCC(C#N)(c3ccccc3OCCCC3(C(=O)O)CCC3)CC2)CCCN1C(=O)c1ncccc1C(F)(F)F.Oc1csc(C(F)(F)F)c1. The van der Waals surface area contributed by atoms with Crippen molar-refractivity contribution in [1.29, 1.82) is 5.26 Å². The Balaban J connectivity index is 0.000000573. The van der Waals surface area contributed by atoms with Crippen LogP contribution in [0.4, 0.5) is 26.3 Å². The van der Waals surface area contributed by atoms with Gasteiger partial charge in [-0.3, -0.25) is 19.4 Å². The van der Waals surface area contributed by atoms with Crippen LogP contribution in [-0.4, -0.2) is 75.1 Å². The molecule has 2 atom stereocenters. The van der Waals surface area contributed by atoms with Crippen LogP contribution in [0.1, 0.15) is 118 Å². The minimum atomic E-state index is -4.74. The highest BCUT2D eigenvalue weighted by Gasteiger charge is 2.46. The van der Waals surface area contributed by atoms with Gasteiger partial charge in [0, 0.05) is 48.9 Å². The highest BCUT2D eigenvalue weighted by Crippen LogP contribution is 2.46. The summed E-state index contributed by atoms with van der Waals surface area (Å²) in [4.78, 5) is 45.5. The van der Waals surface area contributed by atoms with Crippen molar-refractivity contribution in [3.8, 4) is 17.6 Å². The summed E-state index contributed by atoms with van der Waals surface area (Å²) in [5.41, 5.74) is -2.55. The van der Waals surface area contributed by atoms with Gasteiger partial charge in [-0.1, -0.05) is 51.8 Å². The number of carboxylic acid groups (broad SMARTS) is 1. The first-order valence-electron chi connectivity index (χ1n) is 20.3. The van der Waals surface area contributed by atoms with Crippen LogP contribution >= 0.6 is 11.3 Å². The van der Waals surface area contributed by atoms with Gasteiger partial charge in [0.25, 0.3) is 5.91 Å². The molecule has 0 radical (unpaired) electrons. The minimum absolute atomic E-state index is 0.151. The number of likely N-dealkylation sites (tertiary alicyclic amines) is 2. The van der Waals surface area contributed by atoms with Crippen LogP contribution in [0.2, 0.25) is 0 Å². The molecule has 10 nitrogen and oxygen atoms in total. The van der Waals surface area contributed by atoms with E-state index in [0.29, 0.717) is 107 Å². The summed E-state index contributed by atoms with van der Waals surface area (Å²) < 4.78 is 82.5. The number of carbonyl (C=O) groups is 3. The number of nitriles is 1. The average molecular weight is 867 g/mol. The van der Waals surface area contributed by atoms with E-state index >= 15 is 0 Å². The number of hydrogen-bond donors (Lipinski definition) is 2. The van der Waals surface area contributed by atoms with Gasteiger partial charge in [0.2, 0.25) is 5.91 Å². The normalized spacial score (nSPS) is 19.6. The molecule has 17 heteroatoms. The van der Waals surface area contributed by atoms with E-state index in [2.05, 4.69) is 11.1 Å². The third-order valence-electron chi connectivity index (χ3n) is 11.5. The Kier molecular flexibility index (Phi) is 16.4. The molecule has 3 fully saturated rings. The van der Waals surface area contributed by atoms with Crippen molar-refractivity contribution in [2.45, 2.75) is 115 Å². The van der Waals surface area contributed by atoms with Crippen molar-refractivity contribution in [2.24, 2.45) is 11.3 Å². The van der Waals surface area contributed by atoms with E-state index in [1.807, 2.05) is 45.0 Å². The average Bonchev–Trinajstić information content (AvgIpc) is 3.68. The van der Waals surface area contributed by atoms with Crippen LogP contribution in [0.5, 0.6) is 11.5 Å². The molecule has 1 saturated carbocycles. The molecular formula is C43H52F6N4O6S. The predicted molar refractivity (Wildman–Crippen MR) is 212 cm³/mol. The molecule has 4 heterocycles. The molecule has 3 aliphatic rings. The summed E-state index contributed by atoms with van der Waals surface area (Å²) in [5.74, 6) is -2.05. The standard InChI is InChI=1S/C36H43F3N4O5.C5H3F3OS.C2H6/c1-2-9-28-25(10-6-20-43(28)32(45)30-27(36(37,38)39)12-5-19-41-30)31(44)42-21-17-35(24-40,18-22-42)26-11-3-4-13-29(26)48-23-8-16-34(33(46)47)14-7-15-34;6-5(7,8)4-1-3(9)2-10-4;1-2/h3-5,11-13,19,25,28H,2,6-10,14-18,20-23H2,1H3,(H,46,47);1-2,9H;1-2H3. The number of pyridine rings is 1. The fourth-order valence-electron chi connectivity index (χ4n) is 8.20. The number of ether oxygens (including phenoxy) is 1. The van der Waals surface area contributed by atoms with Gasteiger partial charge in [0.1, 0.15) is 22.1 Å². The number of alkyl halides is 6. The third kappa shape index (κ3) is 11.1. The number of benzene rings is 1. The van der Waals surface area contributed by atoms with Crippen molar-refractivity contribution in [2.75, 3.05) is 26.2 Å². The monoisotopic (exact) mass is 866 g/mol. The molecule has 2 N–H and O–H groups in total.